The van der Waals surface area contributed by atoms with E-state index in [-0.39, 0.29) is 17.3 Å². The number of phenolic OH excluding ortho intramolecular Hbond substituents is 1. The molecule has 0 radical (unpaired) electrons. The molecular weight excluding hydrogens is 287 g/mol. The first-order chi connectivity index (χ1) is 9.91. The number of rotatable bonds is 4. The highest BCUT2D eigenvalue weighted by molar-refractivity contribution is 5.58. The quantitative estimate of drug-likeness (QED) is 0.875. The number of phenols is 1. The average molecular weight is 297 g/mol. The van der Waals surface area contributed by atoms with Crippen molar-refractivity contribution in [1.29, 1.82) is 5.26 Å². The van der Waals surface area contributed by atoms with Crippen LogP contribution in [0.2, 0.25) is 0 Å². The summed E-state index contributed by atoms with van der Waals surface area (Å²) >= 11 is 0. The van der Waals surface area contributed by atoms with E-state index in [1.54, 1.807) is 0 Å². The van der Waals surface area contributed by atoms with Gasteiger partial charge in [-0.05, 0) is 24.6 Å². The molecule has 2 rings (SSSR count). The topological polar surface area (TPSA) is 82.9 Å². The van der Waals surface area contributed by atoms with Gasteiger partial charge < -0.3 is 9.63 Å². The van der Waals surface area contributed by atoms with Gasteiger partial charge in [0, 0.05) is 18.4 Å². The van der Waals surface area contributed by atoms with Crippen LogP contribution in [0, 0.1) is 11.3 Å². The highest BCUT2D eigenvalue weighted by Crippen LogP contribution is 2.37. The Morgan fingerprint density at radius 1 is 1.33 bits per heavy atom. The number of nitrogens with zero attached hydrogens (tertiary/aromatic N) is 3. The van der Waals surface area contributed by atoms with Crippen molar-refractivity contribution in [1.82, 2.24) is 10.1 Å². The van der Waals surface area contributed by atoms with Gasteiger partial charge >= 0.3 is 6.18 Å². The second-order valence-electron chi connectivity index (χ2n) is 4.25. The van der Waals surface area contributed by atoms with Crippen molar-refractivity contribution in [3.8, 4) is 23.2 Å². The third-order valence-electron chi connectivity index (χ3n) is 2.71. The van der Waals surface area contributed by atoms with Gasteiger partial charge in [0.15, 0.2) is 0 Å². The lowest BCUT2D eigenvalue weighted by molar-refractivity contribution is -0.138. The molecule has 110 valence electrons. The monoisotopic (exact) mass is 297 g/mol. The number of aromatic nitrogens is 2. The molecule has 0 unspecified atom stereocenters. The maximum Gasteiger partial charge on any atom is 0.419 e. The van der Waals surface area contributed by atoms with Gasteiger partial charge in [-0.25, -0.2) is 0 Å². The SMILES string of the molecule is N#CCCCc1nc(-c2ccc(O)c(C(F)(F)F)c2)no1. The van der Waals surface area contributed by atoms with Gasteiger partial charge in [-0.1, -0.05) is 5.16 Å². The van der Waals surface area contributed by atoms with Crippen molar-refractivity contribution in [2.75, 3.05) is 0 Å². The summed E-state index contributed by atoms with van der Waals surface area (Å²) in [4.78, 5) is 3.97. The predicted molar refractivity (Wildman–Crippen MR) is 65.0 cm³/mol. The van der Waals surface area contributed by atoms with E-state index < -0.39 is 17.5 Å². The van der Waals surface area contributed by atoms with Crippen molar-refractivity contribution in [3.05, 3.63) is 29.7 Å². The van der Waals surface area contributed by atoms with Crippen molar-refractivity contribution in [2.24, 2.45) is 0 Å². The molecule has 5 nitrogen and oxygen atoms in total. The zero-order valence-electron chi connectivity index (χ0n) is 10.7. The van der Waals surface area contributed by atoms with Crippen LogP contribution >= 0.6 is 0 Å². The first kappa shape index (κ1) is 14.8. The van der Waals surface area contributed by atoms with Gasteiger partial charge in [-0.2, -0.15) is 23.4 Å². The summed E-state index contributed by atoms with van der Waals surface area (Å²) in [6.45, 7) is 0. The lowest BCUT2D eigenvalue weighted by Gasteiger charge is -2.09. The van der Waals surface area contributed by atoms with Crippen molar-refractivity contribution in [3.63, 3.8) is 0 Å². The molecule has 21 heavy (non-hydrogen) atoms. The average Bonchev–Trinajstić information content (AvgIpc) is 2.87. The van der Waals surface area contributed by atoms with E-state index in [9.17, 15) is 18.3 Å². The Morgan fingerprint density at radius 2 is 2.10 bits per heavy atom. The Balaban J connectivity index is 2.25. The summed E-state index contributed by atoms with van der Waals surface area (Å²) < 4.78 is 43.0. The van der Waals surface area contributed by atoms with Gasteiger partial charge in [-0.3, -0.25) is 0 Å². The Hall–Kier alpha value is -2.56. The Bertz CT molecular complexity index is 674. The molecule has 1 N–H and O–H groups in total. The van der Waals surface area contributed by atoms with Gasteiger partial charge in [-0.15, -0.1) is 0 Å². The van der Waals surface area contributed by atoms with Gasteiger partial charge in [0.2, 0.25) is 11.7 Å². The number of alkyl halides is 3. The van der Waals surface area contributed by atoms with E-state index in [0.29, 0.717) is 19.3 Å². The first-order valence-electron chi connectivity index (χ1n) is 6.02. The molecule has 0 fully saturated rings. The van der Waals surface area contributed by atoms with Crippen LogP contribution in [0.25, 0.3) is 11.4 Å². The van der Waals surface area contributed by atoms with Crippen LogP contribution in [0.4, 0.5) is 13.2 Å². The van der Waals surface area contributed by atoms with Gasteiger partial charge in [0.1, 0.15) is 5.75 Å². The molecule has 2 aromatic rings. The minimum atomic E-state index is -4.67. The third-order valence-corrected chi connectivity index (χ3v) is 2.71. The summed E-state index contributed by atoms with van der Waals surface area (Å²) in [5.41, 5.74) is -1.06. The molecule has 0 bridgehead atoms. The van der Waals surface area contributed by atoms with E-state index in [1.165, 1.54) is 6.07 Å². The largest absolute Gasteiger partial charge is 0.507 e. The summed E-state index contributed by atoms with van der Waals surface area (Å²) in [7, 11) is 0. The highest BCUT2D eigenvalue weighted by Gasteiger charge is 2.34. The Kier molecular flexibility index (Phi) is 4.12. The molecule has 0 saturated carbocycles. The fourth-order valence-corrected chi connectivity index (χ4v) is 1.69. The van der Waals surface area contributed by atoms with Crippen molar-refractivity contribution in [2.45, 2.75) is 25.4 Å². The first-order valence-corrected chi connectivity index (χ1v) is 6.02. The number of hydrogen-bond donors (Lipinski definition) is 1. The number of benzene rings is 1. The van der Waals surface area contributed by atoms with Crippen LogP contribution in [0.15, 0.2) is 22.7 Å². The molecule has 0 saturated heterocycles. The molecule has 1 aromatic heterocycles. The van der Waals surface area contributed by atoms with E-state index in [2.05, 4.69) is 10.1 Å². The van der Waals surface area contributed by atoms with E-state index in [0.717, 1.165) is 12.1 Å². The summed E-state index contributed by atoms with van der Waals surface area (Å²) in [5.74, 6) is -0.599. The van der Waals surface area contributed by atoms with Crippen LogP contribution in [0.1, 0.15) is 24.3 Å². The molecule has 1 heterocycles. The van der Waals surface area contributed by atoms with Gasteiger partial charge in [0.05, 0.1) is 11.6 Å². The van der Waals surface area contributed by atoms with E-state index in [1.807, 2.05) is 6.07 Å². The van der Waals surface area contributed by atoms with E-state index >= 15 is 0 Å². The van der Waals surface area contributed by atoms with Crippen LogP contribution < -0.4 is 0 Å². The predicted octanol–water partition coefficient (Wildman–Crippen LogP) is 3.31. The number of halogens is 3. The minimum Gasteiger partial charge on any atom is -0.507 e. The molecule has 8 heteroatoms. The maximum absolute atomic E-state index is 12.7. The zero-order valence-corrected chi connectivity index (χ0v) is 10.7. The summed E-state index contributed by atoms with van der Waals surface area (Å²) in [5, 5.41) is 21.3. The third kappa shape index (κ3) is 3.51. The normalized spacial score (nSPS) is 11.3. The van der Waals surface area contributed by atoms with Crippen LogP contribution in [0.3, 0.4) is 0 Å². The smallest absolute Gasteiger partial charge is 0.419 e. The Labute approximate surface area is 117 Å². The zero-order chi connectivity index (χ0) is 15.5. The molecule has 0 spiro atoms. The molecule has 0 aliphatic rings. The second-order valence-corrected chi connectivity index (χ2v) is 4.25. The standard InChI is InChI=1S/C13H10F3N3O2/c14-13(15,16)9-7-8(4-5-10(9)20)12-18-11(21-19-12)3-1-2-6-17/h4-5,7,20H,1-3H2. The number of hydrogen-bond acceptors (Lipinski definition) is 5. The van der Waals surface area contributed by atoms with Crippen molar-refractivity contribution < 1.29 is 22.8 Å². The molecule has 0 atom stereocenters. The van der Waals surface area contributed by atoms with Crippen LogP contribution in [-0.4, -0.2) is 15.2 Å². The van der Waals surface area contributed by atoms with E-state index in [4.69, 9.17) is 9.78 Å². The number of aromatic hydroxyl groups is 1. The number of nitriles is 1. The second kappa shape index (κ2) is 5.83. The molecule has 0 aliphatic carbocycles. The number of aryl methyl sites for hydroxylation is 1. The fraction of sp³-hybridized carbons (Fsp3) is 0.308. The van der Waals surface area contributed by atoms with Crippen LogP contribution in [-0.2, 0) is 12.6 Å². The summed E-state index contributed by atoms with van der Waals surface area (Å²) in [6.07, 6.45) is -3.43. The molecule has 0 amide bonds. The number of unbranched alkanes of at least 4 members (excludes halogenated alkanes) is 1. The lowest BCUT2D eigenvalue weighted by atomic mass is 10.1. The maximum atomic E-state index is 12.7. The molecule has 0 aliphatic heterocycles. The molecule has 1 aromatic carbocycles. The summed E-state index contributed by atoms with van der Waals surface area (Å²) in [6, 6.07) is 4.93. The fourth-order valence-electron chi connectivity index (χ4n) is 1.69. The van der Waals surface area contributed by atoms with Crippen LogP contribution in [0.5, 0.6) is 5.75 Å². The van der Waals surface area contributed by atoms with Gasteiger partial charge in [0.25, 0.3) is 0 Å². The minimum absolute atomic E-state index is 0.00691. The highest BCUT2D eigenvalue weighted by atomic mass is 19.4. The molecular formula is C13H10F3N3O2. The Morgan fingerprint density at radius 3 is 2.76 bits per heavy atom. The van der Waals surface area contributed by atoms with Crippen molar-refractivity contribution >= 4 is 0 Å². The lowest BCUT2D eigenvalue weighted by Crippen LogP contribution is -2.05.